The zero-order valence-electron chi connectivity index (χ0n) is 14.4. The molecule has 0 radical (unpaired) electrons. The van der Waals surface area contributed by atoms with Gasteiger partial charge in [-0.3, -0.25) is 9.00 Å². The Kier molecular flexibility index (Phi) is 6.73. The summed E-state index contributed by atoms with van der Waals surface area (Å²) in [5.74, 6) is 1.21. The summed E-state index contributed by atoms with van der Waals surface area (Å²) in [6, 6.07) is 7.88. The van der Waals surface area contributed by atoms with Crippen LogP contribution in [0.15, 0.2) is 28.7 Å². The Balaban J connectivity index is 1.98. The molecule has 0 aliphatic rings. The number of rotatable bonds is 8. The number of aryl methyl sites for hydroxylation is 2. The maximum atomic E-state index is 12.2. The number of aromatic nitrogens is 1. The van der Waals surface area contributed by atoms with Crippen LogP contribution in [-0.4, -0.2) is 27.4 Å². The van der Waals surface area contributed by atoms with Crippen LogP contribution in [0.5, 0.6) is 0 Å². The highest BCUT2D eigenvalue weighted by Gasteiger charge is 2.16. The van der Waals surface area contributed by atoms with E-state index in [1.165, 1.54) is 0 Å². The third kappa shape index (κ3) is 5.30. The SMILES string of the molecule is CCCCNC(=O)C[S@@](=O)Cc1nc(-c2cccc(C)c2)oc1C. The van der Waals surface area contributed by atoms with E-state index >= 15 is 0 Å². The average Bonchev–Trinajstić information content (AvgIpc) is 2.88. The molecule has 1 atom stereocenters. The predicted octanol–water partition coefficient (Wildman–Crippen LogP) is 3.12. The number of carbonyl (C=O) groups is 1. The van der Waals surface area contributed by atoms with Crippen LogP contribution in [0.3, 0.4) is 0 Å². The van der Waals surface area contributed by atoms with E-state index in [1.807, 2.05) is 31.2 Å². The number of unbranched alkanes of at least 4 members (excludes halogenated alkanes) is 1. The smallest absolute Gasteiger partial charge is 0.232 e. The molecule has 1 N–H and O–H groups in total. The molecule has 0 bridgehead atoms. The molecule has 0 unspecified atom stereocenters. The predicted molar refractivity (Wildman–Crippen MR) is 96.0 cm³/mol. The Morgan fingerprint density at radius 3 is 2.83 bits per heavy atom. The van der Waals surface area contributed by atoms with Crippen LogP contribution in [0.2, 0.25) is 0 Å². The van der Waals surface area contributed by atoms with E-state index < -0.39 is 10.8 Å². The molecule has 0 fully saturated rings. The molecule has 2 rings (SSSR count). The molecular formula is C18H24N2O3S. The molecule has 0 aliphatic carbocycles. The first-order chi connectivity index (χ1) is 11.5. The number of hydrogen-bond acceptors (Lipinski definition) is 4. The lowest BCUT2D eigenvalue weighted by Gasteiger charge is -2.03. The molecule has 0 saturated carbocycles. The van der Waals surface area contributed by atoms with Crippen molar-refractivity contribution in [2.75, 3.05) is 12.3 Å². The standard InChI is InChI=1S/C18H24N2O3S/c1-4-5-9-19-17(21)12-24(22)11-16-14(3)23-18(20-16)15-8-6-7-13(2)10-15/h6-8,10H,4-5,9,11-12H2,1-3H3,(H,19,21)/t24-/m0/s1. The van der Waals surface area contributed by atoms with Gasteiger partial charge in [-0.05, 0) is 32.4 Å². The number of nitrogens with one attached hydrogen (secondary N) is 1. The van der Waals surface area contributed by atoms with Crippen LogP contribution in [0, 0.1) is 13.8 Å². The minimum absolute atomic E-state index is 0.00417. The van der Waals surface area contributed by atoms with Crippen LogP contribution in [0.1, 0.15) is 36.8 Å². The Hall–Kier alpha value is -1.95. The van der Waals surface area contributed by atoms with Gasteiger partial charge in [0.05, 0.1) is 11.4 Å². The highest BCUT2D eigenvalue weighted by atomic mass is 32.2. The van der Waals surface area contributed by atoms with Crippen LogP contribution in [0.25, 0.3) is 11.5 Å². The van der Waals surface area contributed by atoms with E-state index in [0.29, 0.717) is 23.9 Å². The summed E-state index contributed by atoms with van der Waals surface area (Å²) in [5.41, 5.74) is 2.66. The molecule has 0 spiro atoms. The quantitative estimate of drug-likeness (QED) is 0.744. The lowest BCUT2D eigenvalue weighted by atomic mass is 10.1. The number of benzene rings is 1. The van der Waals surface area contributed by atoms with Crippen molar-refractivity contribution in [2.24, 2.45) is 0 Å². The van der Waals surface area contributed by atoms with Gasteiger partial charge in [-0.25, -0.2) is 4.98 Å². The molecule has 6 heteroatoms. The fourth-order valence-corrected chi connectivity index (χ4v) is 3.34. The number of nitrogens with zero attached hydrogens (tertiary/aromatic N) is 1. The van der Waals surface area contributed by atoms with Gasteiger partial charge < -0.3 is 9.73 Å². The van der Waals surface area contributed by atoms with E-state index in [2.05, 4.69) is 17.2 Å². The number of oxazole rings is 1. The molecule has 0 saturated heterocycles. The second-order valence-electron chi connectivity index (χ2n) is 5.82. The van der Waals surface area contributed by atoms with Crippen molar-refractivity contribution in [2.45, 2.75) is 39.4 Å². The van der Waals surface area contributed by atoms with Crippen molar-refractivity contribution >= 4 is 16.7 Å². The van der Waals surface area contributed by atoms with Gasteiger partial charge in [0.15, 0.2) is 0 Å². The number of amides is 1. The molecule has 2 aromatic rings. The van der Waals surface area contributed by atoms with Gasteiger partial charge in [0.1, 0.15) is 11.5 Å². The van der Waals surface area contributed by atoms with Gasteiger partial charge in [-0.15, -0.1) is 0 Å². The molecule has 0 aliphatic heterocycles. The van der Waals surface area contributed by atoms with E-state index in [-0.39, 0.29) is 17.4 Å². The average molecular weight is 348 g/mol. The maximum Gasteiger partial charge on any atom is 0.232 e. The largest absolute Gasteiger partial charge is 0.441 e. The second-order valence-corrected chi connectivity index (χ2v) is 7.28. The Labute approximate surface area is 145 Å². The van der Waals surface area contributed by atoms with Crippen LogP contribution in [0.4, 0.5) is 0 Å². The maximum absolute atomic E-state index is 12.2. The van der Waals surface area contributed by atoms with Crippen molar-refractivity contribution in [1.82, 2.24) is 10.3 Å². The summed E-state index contributed by atoms with van der Waals surface area (Å²) in [4.78, 5) is 16.2. The highest BCUT2D eigenvalue weighted by molar-refractivity contribution is 7.84. The molecule has 5 nitrogen and oxygen atoms in total. The molecular weight excluding hydrogens is 324 g/mol. The van der Waals surface area contributed by atoms with Crippen molar-refractivity contribution in [1.29, 1.82) is 0 Å². The van der Waals surface area contributed by atoms with Gasteiger partial charge in [0, 0.05) is 22.9 Å². The summed E-state index contributed by atoms with van der Waals surface area (Å²) < 4.78 is 17.9. The third-order valence-electron chi connectivity index (χ3n) is 3.60. The second kappa shape index (κ2) is 8.78. The van der Waals surface area contributed by atoms with Gasteiger partial charge in [-0.2, -0.15) is 0 Å². The third-order valence-corrected chi connectivity index (χ3v) is 4.78. The fraction of sp³-hybridized carbons (Fsp3) is 0.444. The Bertz CT molecular complexity index is 725. The zero-order chi connectivity index (χ0) is 17.5. The fourth-order valence-electron chi connectivity index (χ4n) is 2.27. The number of hydrogen-bond donors (Lipinski definition) is 1. The van der Waals surface area contributed by atoms with E-state index in [0.717, 1.165) is 24.0 Å². The molecule has 24 heavy (non-hydrogen) atoms. The summed E-state index contributed by atoms with van der Waals surface area (Å²) >= 11 is 0. The van der Waals surface area contributed by atoms with Gasteiger partial charge in [0.25, 0.3) is 0 Å². The Morgan fingerprint density at radius 2 is 2.12 bits per heavy atom. The van der Waals surface area contributed by atoms with Crippen molar-refractivity contribution in [3.63, 3.8) is 0 Å². The minimum atomic E-state index is -1.30. The van der Waals surface area contributed by atoms with Crippen LogP contribution < -0.4 is 5.32 Å². The van der Waals surface area contributed by atoms with Gasteiger partial charge in [0.2, 0.25) is 11.8 Å². The first-order valence-electron chi connectivity index (χ1n) is 8.14. The first kappa shape index (κ1) is 18.4. The molecule has 1 heterocycles. The van der Waals surface area contributed by atoms with E-state index in [1.54, 1.807) is 6.92 Å². The molecule has 1 aromatic carbocycles. The molecule has 1 aromatic heterocycles. The van der Waals surface area contributed by atoms with Crippen molar-refractivity contribution in [3.05, 3.63) is 41.3 Å². The summed E-state index contributed by atoms with van der Waals surface area (Å²) in [5, 5.41) is 2.78. The first-order valence-corrected chi connectivity index (χ1v) is 9.63. The van der Waals surface area contributed by atoms with E-state index in [4.69, 9.17) is 4.42 Å². The summed E-state index contributed by atoms with van der Waals surface area (Å²) in [6.45, 7) is 6.50. The van der Waals surface area contributed by atoms with E-state index in [9.17, 15) is 9.00 Å². The topological polar surface area (TPSA) is 72.2 Å². The number of carbonyl (C=O) groups excluding carboxylic acids is 1. The lowest BCUT2D eigenvalue weighted by Crippen LogP contribution is -2.29. The normalized spacial score (nSPS) is 12.1. The Morgan fingerprint density at radius 1 is 1.33 bits per heavy atom. The van der Waals surface area contributed by atoms with Crippen LogP contribution >= 0.6 is 0 Å². The van der Waals surface area contributed by atoms with Crippen molar-refractivity contribution in [3.8, 4) is 11.5 Å². The minimum Gasteiger partial charge on any atom is -0.441 e. The lowest BCUT2D eigenvalue weighted by molar-refractivity contribution is -0.118. The summed E-state index contributed by atoms with van der Waals surface area (Å²) in [6.07, 6.45) is 1.95. The zero-order valence-corrected chi connectivity index (χ0v) is 15.2. The molecule has 1 amide bonds. The highest BCUT2D eigenvalue weighted by Crippen LogP contribution is 2.23. The van der Waals surface area contributed by atoms with Gasteiger partial charge in [-0.1, -0.05) is 31.0 Å². The van der Waals surface area contributed by atoms with Gasteiger partial charge >= 0.3 is 0 Å². The monoisotopic (exact) mass is 348 g/mol. The van der Waals surface area contributed by atoms with Crippen molar-refractivity contribution < 1.29 is 13.4 Å². The summed E-state index contributed by atoms with van der Waals surface area (Å²) in [7, 11) is -1.30. The van der Waals surface area contributed by atoms with Crippen LogP contribution in [-0.2, 0) is 21.3 Å². The molecule has 130 valence electrons.